The Hall–Kier alpha value is -3.61. The summed E-state index contributed by atoms with van der Waals surface area (Å²) in [6.45, 7) is 0. The van der Waals surface area contributed by atoms with E-state index in [0.29, 0.717) is 17.4 Å². The lowest BCUT2D eigenvalue weighted by molar-refractivity contribution is 0.102. The third-order valence-electron chi connectivity index (χ3n) is 3.59. The average molecular weight is 350 g/mol. The first kappa shape index (κ1) is 17.2. The third-order valence-corrected chi connectivity index (χ3v) is 3.59. The van der Waals surface area contributed by atoms with Gasteiger partial charge in [0.2, 0.25) is 5.95 Å². The third kappa shape index (κ3) is 4.07. The highest BCUT2D eigenvalue weighted by Gasteiger charge is 2.12. The SMILES string of the molecule is COc1ccc(Nc2nccc(C(=O)Nc3ccccc3OC)n2)cc1. The molecule has 0 saturated heterocycles. The van der Waals surface area contributed by atoms with Crippen LogP contribution < -0.4 is 20.1 Å². The molecule has 3 aromatic rings. The van der Waals surface area contributed by atoms with Gasteiger partial charge in [0.05, 0.1) is 19.9 Å². The molecular weight excluding hydrogens is 332 g/mol. The summed E-state index contributed by atoms with van der Waals surface area (Å²) >= 11 is 0. The number of para-hydroxylation sites is 2. The van der Waals surface area contributed by atoms with Gasteiger partial charge in [-0.15, -0.1) is 0 Å². The van der Waals surface area contributed by atoms with Gasteiger partial charge in [0.15, 0.2) is 0 Å². The number of nitrogens with zero attached hydrogens (tertiary/aromatic N) is 2. The Balaban J connectivity index is 1.74. The monoisotopic (exact) mass is 350 g/mol. The summed E-state index contributed by atoms with van der Waals surface area (Å²) in [5, 5.41) is 5.84. The number of ether oxygens (including phenoxy) is 2. The van der Waals surface area contributed by atoms with E-state index in [0.717, 1.165) is 11.4 Å². The Morgan fingerprint density at radius 1 is 0.962 bits per heavy atom. The number of rotatable bonds is 6. The maximum atomic E-state index is 12.5. The number of benzene rings is 2. The number of nitrogens with one attached hydrogen (secondary N) is 2. The van der Waals surface area contributed by atoms with Crippen LogP contribution in [0.15, 0.2) is 60.8 Å². The zero-order valence-corrected chi connectivity index (χ0v) is 14.4. The summed E-state index contributed by atoms with van der Waals surface area (Å²) in [5.74, 6) is 1.30. The smallest absolute Gasteiger partial charge is 0.274 e. The largest absolute Gasteiger partial charge is 0.497 e. The van der Waals surface area contributed by atoms with E-state index in [9.17, 15) is 4.79 Å². The Bertz CT molecular complexity index is 897. The average Bonchev–Trinajstić information content (AvgIpc) is 2.69. The first-order valence-corrected chi connectivity index (χ1v) is 7.88. The molecule has 1 amide bonds. The number of amides is 1. The van der Waals surface area contributed by atoms with E-state index in [4.69, 9.17) is 9.47 Å². The van der Waals surface area contributed by atoms with Crippen LogP contribution in [0.4, 0.5) is 17.3 Å². The number of carbonyl (C=O) groups excluding carboxylic acids is 1. The Kier molecular flexibility index (Phi) is 5.28. The number of anilines is 3. The molecular formula is C19H18N4O3. The molecule has 0 aliphatic rings. The van der Waals surface area contributed by atoms with Crippen LogP contribution >= 0.6 is 0 Å². The minimum Gasteiger partial charge on any atom is -0.497 e. The fraction of sp³-hybridized carbons (Fsp3) is 0.105. The molecule has 0 aliphatic carbocycles. The quantitative estimate of drug-likeness (QED) is 0.708. The second kappa shape index (κ2) is 7.98. The topological polar surface area (TPSA) is 85.4 Å². The van der Waals surface area contributed by atoms with Crippen molar-refractivity contribution in [1.29, 1.82) is 0 Å². The minimum atomic E-state index is -0.352. The molecule has 2 N–H and O–H groups in total. The second-order valence-corrected chi connectivity index (χ2v) is 5.27. The van der Waals surface area contributed by atoms with E-state index in [1.807, 2.05) is 36.4 Å². The lowest BCUT2D eigenvalue weighted by atomic mass is 10.2. The van der Waals surface area contributed by atoms with Crippen molar-refractivity contribution >= 4 is 23.2 Å². The molecule has 0 spiro atoms. The summed E-state index contributed by atoms with van der Waals surface area (Å²) in [5.41, 5.74) is 1.60. The maximum Gasteiger partial charge on any atom is 0.274 e. The molecule has 132 valence electrons. The van der Waals surface area contributed by atoms with Crippen LogP contribution in [0.2, 0.25) is 0 Å². The predicted molar refractivity (Wildman–Crippen MR) is 99.3 cm³/mol. The van der Waals surface area contributed by atoms with Crippen molar-refractivity contribution in [3.05, 3.63) is 66.5 Å². The highest BCUT2D eigenvalue weighted by atomic mass is 16.5. The standard InChI is InChI=1S/C19H18N4O3/c1-25-14-9-7-13(8-10-14)21-19-20-12-11-16(23-19)18(24)22-15-5-3-4-6-17(15)26-2/h3-12H,1-2H3,(H,22,24)(H,20,21,23). The summed E-state index contributed by atoms with van der Waals surface area (Å²) in [6, 6.07) is 16.0. The van der Waals surface area contributed by atoms with Gasteiger partial charge in [-0.25, -0.2) is 9.97 Å². The van der Waals surface area contributed by atoms with E-state index >= 15 is 0 Å². The van der Waals surface area contributed by atoms with E-state index in [1.165, 1.54) is 6.20 Å². The molecule has 3 rings (SSSR count). The van der Waals surface area contributed by atoms with Gasteiger partial charge < -0.3 is 20.1 Å². The van der Waals surface area contributed by atoms with Gasteiger partial charge in [-0.3, -0.25) is 4.79 Å². The second-order valence-electron chi connectivity index (χ2n) is 5.27. The molecule has 0 atom stereocenters. The van der Waals surface area contributed by atoms with Gasteiger partial charge in [0, 0.05) is 11.9 Å². The van der Waals surface area contributed by atoms with Gasteiger partial charge in [0.1, 0.15) is 17.2 Å². The normalized spacial score (nSPS) is 10.1. The lowest BCUT2D eigenvalue weighted by Crippen LogP contribution is -2.15. The number of hydrogen-bond acceptors (Lipinski definition) is 6. The van der Waals surface area contributed by atoms with Crippen molar-refractivity contribution in [3.8, 4) is 11.5 Å². The molecule has 0 bridgehead atoms. The van der Waals surface area contributed by atoms with E-state index in [2.05, 4.69) is 20.6 Å². The van der Waals surface area contributed by atoms with Crippen molar-refractivity contribution < 1.29 is 14.3 Å². The first-order valence-electron chi connectivity index (χ1n) is 7.88. The van der Waals surface area contributed by atoms with Crippen LogP contribution in [-0.4, -0.2) is 30.1 Å². The molecule has 0 fully saturated rings. The highest BCUT2D eigenvalue weighted by Crippen LogP contribution is 2.23. The van der Waals surface area contributed by atoms with E-state index in [1.54, 1.807) is 32.4 Å². The van der Waals surface area contributed by atoms with Crippen LogP contribution in [0, 0.1) is 0 Å². The van der Waals surface area contributed by atoms with Crippen LogP contribution in [0.1, 0.15) is 10.5 Å². The number of aromatic nitrogens is 2. The minimum absolute atomic E-state index is 0.238. The molecule has 0 aliphatic heterocycles. The summed E-state index contributed by atoms with van der Waals surface area (Å²) in [4.78, 5) is 20.9. The van der Waals surface area contributed by atoms with Crippen LogP contribution in [-0.2, 0) is 0 Å². The Labute approximate surface area is 151 Å². The fourth-order valence-electron chi connectivity index (χ4n) is 2.28. The molecule has 26 heavy (non-hydrogen) atoms. The lowest BCUT2D eigenvalue weighted by Gasteiger charge is -2.10. The molecule has 1 aromatic heterocycles. The zero-order valence-electron chi connectivity index (χ0n) is 14.4. The predicted octanol–water partition coefficient (Wildman–Crippen LogP) is 3.49. The summed E-state index contributed by atoms with van der Waals surface area (Å²) in [7, 11) is 3.15. The van der Waals surface area contributed by atoms with Gasteiger partial charge in [-0.2, -0.15) is 0 Å². The molecule has 2 aromatic carbocycles. The van der Waals surface area contributed by atoms with E-state index in [-0.39, 0.29) is 11.6 Å². The molecule has 0 radical (unpaired) electrons. The van der Waals surface area contributed by atoms with Crippen molar-refractivity contribution in [3.63, 3.8) is 0 Å². The first-order chi connectivity index (χ1) is 12.7. The van der Waals surface area contributed by atoms with Gasteiger partial charge in [0.25, 0.3) is 5.91 Å². The van der Waals surface area contributed by atoms with Gasteiger partial charge in [-0.1, -0.05) is 12.1 Å². The number of carbonyl (C=O) groups is 1. The Morgan fingerprint density at radius 3 is 2.46 bits per heavy atom. The Morgan fingerprint density at radius 2 is 1.73 bits per heavy atom. The van der Waals surface area contributed by atoms with Gasteiger partial charge in [-0.05, 0) is 42.5 Å². The maximum absolute atomic E-state index is 12.5. The molecule has 0 saturated carbocycles. The van der Waals surface area contributed by atoms with Crippen molar-refractivity contribution in [2.75, 3.05) is 24.9 Å². The molecule has 7 heteroatoms. The van der Waals surface area contributed by atoms with Crippen molar-refractivity contribution in [2.45, 2.75) is 0 Å². The van der Waals surface area contributed by atoms with Crippen LogP contribution in [0.25, 0.3) is 0 Å². The molecule has 1 heterocycles. The number of hydrogen-bond donors (Lipinski definition) is 2. The molecule has 0 unspecified atom stereocenters. The van der Waals surface area contributed by atoms with Crippen molar-refractivity contribution in [1.82, 2.24) is 9.97 Å². The fourth-order valence-corrected chi connectivity index (χ4v) is 2.28. The zero-order chi connectivity index (χ0) is 18.4. The summed E-state index contributed by atoms with van der Waals surface area (Å²) < 4.78 is 10.4. The van der Waals surface area contributed by atoms with E-state index < -0.39 is 0 Å². The van der Waals surface area contributed by atoms with Crippen LogP contribution in [0.5, 0.6) is 11.5 Å². The number of methoxy groups -OCH3 is 2. The highest BCUT2D eigenvalue weighted by molar-refractivity contribution is 6.03. The van der Waals surface area contributed by atoms with Crippen molar-refractivity contribution in [2.24, 2.45) is 0 Å². The van der Waals surface area contributed by atoms with Crippen LogP contribution in [0.3, 0.4) is 0 Å². The summed E-state index contributed by atoms with van der Waals surface area (Å²) in [6.07, 6.45) is 1.52. The molecule has 7 nitrogen and oxygen atoms in total. The van der Waals surface area contributed by atoms with Gasteiger partial charge >= 0.3 is 0 Å².